The molecular formula is C20H20N4O3. The minimum absolute atomic E-state index is 0.0299. The zero-order chi connectivity index (χ0) is 18.6. The van der Waals surface area contributed by atoms with Crippen LogP contribution in [0.1, 0.15) is 32.1 Å². The normalized spacial score (nSPS) is 14.8. The number of hydrogen-bond donors (Lipinski definition) is 1. The van der Waals surface area contributed by atoms with Gasteiger partial charge in [0.2, 0.25) is 5.82 Å². The van der Waals surface area contributed by atoms with E-state index in [1.807, 2.05) is 42.5 Å². The smallest absolute Gasteiger partial charge is 0.373 e. The number of nitrogens with one attached hydrogen (secondary N) is 1. The van der Waals surface area contributed by atoms with Gasteiger partial charge >= 0.3 is 5.69 Å². The van der Waals surface area contributed by atoms with E-state index in [1.54, 1.807) is 0 Å². The summed E-state index contributed by atoms with van der Waals surface area (Å²) in [5.74, 6) is 0.168. The molecule has 4 rings (SSSR count). The summed E-state index contributed by atoms with van der Waals surface area (Å²) in [7, 11) is 0. The van der Waals surface area contributed by atoms with Crippen molar-refractivity contribution in [3.63, 3.8) is 0 Å². The van der Waals surface area contributed by atoms with Gasteiger partial charge in [0.15, 0.2) is 0 Å². The highest BCUT2D eigenvalue weighted by atomic mass is 16.6. The molecule has 1 fully saturated rings. The fourth-order valence-corrected chi connectivity index (χ4v) is 3.51. The minimum atomic E-state index is -0.481. The number of nitro groups is 1. The van der Waals surface area contributed by atoms with Crippen LogP contribution in [0.4, 0.5) is 17.2 Å². The van der Waals surface area contributed by atoms with Crippen molar-refractivity contribution in [3.8, 4) is 5.88 Å². The van der Waals surface area contributed by atoms with E-state index in [0.717, 1.165) is 42.1 Å². The third-order valence-corrected chi connectivity index (χ3v) is 4.84. The van der Waals surface area contributed by atoms with Crippen LogP contribution in [-0.2, 0) is 0 Å². The first-order chi connectivity index (χ1) is 13.2. The van der Waals surface area contributed by atoms with Crippen LogP contribution < -0.4 is 10.1 Å². The number of benzene rings is 2. The number of fused-ring (bicyclic) bond motifs is 1. The summed E-state index contributed by atoms with van der Waals surface area (Å²) in [5, 5.41) is 16.8. The molecule has 1 saturated carbocycles. The Morgan fingerprint density at radius 2 is 1.81 bits per heavy atom. The molecule has 2 aromatic carbocycles. The SMILES string of the molecule is O=[N+]([O-])c1c(Nc2cccc3ccccc23)ncnc1OC1CCCCC1. The van der Waals surface area contributed by atoms with E-state index in [1.165, 1.54) is 12.7 Å². The lowest BCUT2D eigenvalue weighted by Crippen LogP contribution is -2.21. The van der Waals surface area contributed by atoms with Crippen molar-refractivity contribution in [2.24, 2.45) is 0 Å². The van der Waals surface area contributed by atoms with Crippen molar-refractivity contribution in [2.45, 2.75) is 38.2 Å². The highest BCUT2D eigenvalue weighted by molar-refractivity contribution is 5.95. The maximum absolute atomic E-state index is 11.7. The molecule has 0 amide bonds. The van der Waals surface area contributed by atoms with E-state index in [0.29, 0.717) is 0 Å². The summed E-state index contributed by atoms with van der Waals surface area (Å²) in [4.78, 5) is 19.4. The van der Waals surface area contributed by atoms with Gasteiger partial charge in [0, 0.05) is 11.1 Å². The molecule has 3 aromatic rings. The van der Waals surface area contributed by atoms with Crippen molar-refractivity contribution < 1.29 is 9.66 Å². The molecule has 0 unspecified atom stereocenters. The Kier molecular flexibility index (Phi) is 4.82. The van der Waals surface area contributed by atoms with Crippen molar-refractivity contribution in [2.75, 3.05) is 5.32 Å². The quantitative estimate of drug-likeness (QED) is 0.506. The Bertz CT molecular complexity index is 965. The van der Waals surface area contributed by atoms with Crippen LogP contribution in [0.25, 0.3) is 10.8 Å². The molecule has 0 radical (unpaired) electrons. The summed E-state index contributed by atoms with van der Waals surface area (Å²) in [6.45, 7) is 0. The summed E-state index contributed by atoms with van der Waals surface area (Å²) < 4.78 is 5.88. The first-order valence-electron chi connectivity index (χ1n) is 9.13. The number of nitrogens with zero attached hydrogens (tertiary/aromatic N) is 3. The van der Waals surface area contributed by atoms with Crippen LogP contribution in [-0.4, -0.2) is 21.0 Å². The van der Waals surface area contributed by atoms with E-state index >= 15 is 0 Å². The summed E-state index contributed by atoms with van der Waals surface area (Å²) in [6, 6.07) is 13.6. The van der Waals surface area contributed by atoms with Crippen LogP contribution in [0.2, 0.25) is 0 Å². The molecule has 1 aliphatic carbocycles. The molecule has 1 aromatic heterocycles. The topological polar surface area (TPSA) is 90.2 Å². The van der Waals surface area contributed by atoms with Crippen LogP contribution >= 0.6 is 0 Å². The van der Waals surface area contributed by atoms with Crippen molar-refractivity contribution in [1.82, 2.24) is 9.97 Å². The Morgan fingerprint density at radius 1 is 1.04 bits per heavy atom. The van der Waals surface area contributed by atoms with Crippen molar-refractivity contribution >= 4 is 28.0 Å². The summed E-state index contributed by atoms with van der Waals surface area (Å²) in [6.07, 6.45) is 6.39. The number of ether oxygens (including phenoxy) is 1. The van der Waals surface area contributed by atoms with Crippen LogP contribution in [0.3, 0.4) is 0 Å². The van der Waals surface area contributed by atoms with Crippen LogP contribution in [0.5, 0.6) is 5.88 Å². The molecule has 1 aliphatic rings. The second kappa shape index (κ2) is 7.57. The van der Waals surface area contributed by atoms with Gasteiger partial charge in [-0.05, 0) is 37.1 Å². The van der Waals surface area contributed by atoms with Crippen molar-refractivity contribution in [1.29, 1.82) is 0 Å². The van der Waals surface area contributed by atoms with Gasteiger partial charge in [0.05, 0.1) is 4.92 Å². The predicted octanol–water partition coefficient (Wildman–Crippen LogP) is 4.99. The molecular weight excluding hydrogens is 344 g/mol. The lowest BCUT2D eigenvalue weighted by Gasteiger charge is -2.22. The van der Waals surface area contributed by atoms with Gasteiger partial charge in [0.25, 0.3) is 5.88 Å². The fraction of sp³-hybridized carbons (Fsp3) is 0.300. The summed E-state index contributed by atoms with van der Waals surface area (Å²) in [5.41, 5.74) is 0.523. The number of hydrogen-bond acceptors (Lipinski definition) is 6. The zero-order valence-electron chi connectivity index (χ0n) is 14.8. The molecule has 7 nitrogen and oxygen atoms in total. The van der Waals surface area contributed by atoms with E-state index < -0.39 is 4.92 Å². The highest BCUT2D eigenvalue weighted by Gasteiger charge is 2.27. The lowest BCUT2D eigenvalue weighted by atomic mass is 9.98. The molecule has 0 spiro atoms. The zero-order valence-corrected chi connectivity index (χ0v) is 14.8. The molecule has 0 bridgehead atoms. The fourth-order valence-electron chi connectivity index (χ4n) is 3.51. The molecule has 138 valence electrons. The molecule has 1 heterocycles. The van der Waals surface area contributed by atoms with E-state index in [-0.39, 0.29) is 23.5 Å². The second-order valence-electron chi connectivity index (χ2n) is 6.66. The second-order valence-corrected chi connectivity index (χ2v) is 6.66. The number of aromatic nitrogens is 2. The van der Waals surface area contributed by atoms with Gasteiger partial charge in [-0.1, -0.05) is 42.8 Å². The Labute approximate surface area is 156 Å². The molecule has 1 N–H and O–H groups in total. The third-order valence-electron chi connectivity index (χ3n) is 4.84. The van der Waals surface area contributed by atoms with Gasteiger partial charge in [0.1, 0.15) is 12.4 Å². The van der Waals surface area contributed by atoms with E-state index in [9.17, 15) is 10.1 Å². The largest absolute Gasteiger partial charge is 0.469 e. The van der Waals surface area contributed by atoms with Gasteiger partial charge in [-0.15, -0.1) is 0 Å². The average Bonchev–Trinajstić information content (AvgIpc) is 2.69. The predicted molar refractivity (Wildman–Crippen MR) is 103 cm³/mol. The maximum Gasteiger partial charge on any atom is 0.373 e. The van der Waals surface area contributed by atoms with Gasteiger partial charge in [-0.2, -0.15) is 4.98 Å². The average molecular weight is 364 g/mol. The minimum Gasteiger partial charge on any atom is -0.469 e. The molecule has 7 heteroatoms. The lowest BCUT2D eigenvalue weighted by molar-refractivity contribution is -0.385. The van der Waals surface area contributed by atoms with Crippen molar-refractivity contribution in [3.05, 3.63) is 58.9 Å². The Morgan fingerprint density at radius 3 is 2.63 bits per heavy atom. The standard InChI is InChI=1S/C20H20N4O3/c25-24(26)18-19(21-13-22-20(18)27-15-9-2-1-3-10-15)23-17-12-6-8-14-7-4-5-11-16(14)17/h4-8,11-13,15H,1-3,9-10H2,(H,21,22,23). The number of rotatable bonds is 5. The molecule has 27 heavy (non-hydrogen) atoms. The van der Waals surface area contributed by atoms with Gasteiger partial charge in [-0.3, -0.25) is 10.1 Å². The highest BCUT2D eigenvalue weighted by Crippen LogP contribution is 2.36. The van der Waals surface area contributed by atoms with E-state index in [4.69, 9.17) is 4.74 Å². The summed E-state index contributed by atoms with van der Waals surface area (Å²) >= 11 is 0. The maximum atomic E-state index is 11.7. The monoisotopic (exact) mass is 364 g/mol. The first-order valence-corrected chi connectivity index (χ1v) is 9.13. The van der Waals surface area contributed by atoms with Gasteiger partial charge in [-0.25, -0.2) is 4.98 Å². The molecule has 0 aliphatic heterocycles. The van der Waals surface area contributed by atoms with Crippen LogP contribution in [0.15, 0.2) is 48.8 Å². The Balaban J connectivity index is 1.69. The van der Waals surface area contributed by atoms with Crippen LogP contribution in [0, 0.1) is 10.1 Å². The molecule has 0 atom stereocenters. The first kappa shape index (κ1) is 17.2. The Hall–Kier alpha value is -3.22. The number of anilines is 2. The van der Waals surface area contributed by atoms with Gasteiger partial charge < -0.3 is 10.1 Å². The van der Waals surface area contributed by atoms with E-state index in [2.05, 4.69) is 15.3 Å². The molecule has 0 saturated heterocycles. The third kappa shape index (κ3) is 3.67.